The van der Waals surface area contributed by atoms with Crippen molar-refractivity contribution in [1.29, 1.82) is 0 Å². The summed E-state index contributed by atoms with van der Waals surface area (Å²) in [5.74, 6) is 0.274. The van der Waals surface area contributed by atoms with Crippen LogP contribution < -0.4 is 16.0 Å². The number of amides is 1. The number of hydrogen-bond donors (Lipinski definition) is 2. The molecule has 2 heterocycles. The van der Waals surface area contributed by atoms with Crippen LogP contribution in [-0.2, 0) is 20.3 Å². The first kappa shape index (κ1) is 22.7. The molecule has 0 aromatic heterocycles. The van der Waals surface area contributed by atoms with Crippen LogP contribution in [-0.4, -0.2) is 61.0 Å². The molecule has 3 N–H and O–H groups in total. The molecular formula is C19H28N6O5S. The fourth-order valence-corrected chi connectivity index (χ4v) is 5.58. The number of hydrogen-bond acceptors (Lipinski definition) is 9. The maximum absolute atomic E-state index is 13.5. The molecule has 0 bridgehead atoms. The van der Waals surface area contributed by atoms with Crippen LogP contribution in [0.5, 0.6) is 5.75 Å². The fourth-order valence-electron chi connectivity index (χ4n) is 3.69. The van der Waals surface area contributed by atoms with Crippen molar-refractivity contribution in [2.75, 3.05) is 19.4 Å². The van der Waals surface area contributed by atoms with Crippen LogP contribution in [0.15, 0.2) is 28.3 Å². The van der Waals surface area contributed by atoms with Crippen LogP contribution in [0.2, 0.25) is 0 Å². The summed E-state index contributed by atoms with van der Waals surface area (Å²) in [6.45, 7) is 10.3. The van der Waals surface area contributed by atoms with Gasteiger partial charge in [0.05, 0.1) is 6.61 Å². The molecule has 1 amide bonds. The van der Waals surface area contributed by atoms with Crippen molar-refractivity contribution in [3.8, 4) is 5.75 Å². The Bertz CT molecular complexity index is 1030. The van der Waals surface area contributed by atoms with Gasteiger partial charge in [-0.25, -0.2) is 28.0 Å². The summed E-state index contributed by atoms with van der Waals surface area (Å²) in [5.41, 5.74) is 7.20. The van der Waals surface area contributed by atoms with Crippen LogP contribution in [0.3, 0.4) is 0 Å². The van der Waals surface area contributed by atoms with E-state index in [9.17, 15) is 13.2 Å². The monoisotopic (exact) mass is 452 g/mol. The van der Waals surface area contributed by atoms with Gasteiger partial charge in [0.1, 0.15) is 22.1 Å². The smallest absolute Gasteiger partial charge is 0.437 e. The largest absolute Gasteiger partial charge is 0.493 e. The number of ether oxygens (including phenoxy) is 2. The third-order valence-corrected chi connectivity index (χ3v) is 7.46. The number of sulfonamides is 1. The molecule has 0 saturated heterocycles. The van der Waals surface area contributed by atoms with Crippen LogP contribution in [0, 0.1) is 0 Å². The molecule has 0 saturated carbocycles. The van der Waals surface area contributed by atoms with E-state index < -0.39 is 32.5 Å². The minimum atomic E-state index is -3.96. The molecular weight excluding hydrogens is 424 g/mol. The fraction of sp³-hybridized carbons (Fsp3) is 0.526. The Labute approximate surface area is 181 Å². The van der Waals surface area contributed by atoms with E-state index in [1.54, 1.807) is 45.9 Å². The van der Waals surface area contributed by atoms with Crippen molar-refractivity contribution in [3.63, 3.8) is 0 Å². The molecule has 2 aliphatic heterocycles. The Balaban J connectivity index is 2.23. The Morgan fingerprint density at radius 3 is 2.77 bits per heavy atom. The van der Waals surface area contributed by atoms with Gasteiger partial charge in [0.2, 0.25) is 16.0 Å². The molecule has 0 radical (unpaired) electrons. The van der Waals surface area contributed by atoms with Gasteiger partial charge in [-0.2, -0.15) is 5.10 Å². The second kappa shape index (κ2) is 7.59. The zero-order valence-corrected chi connectivity index (χ0v) is 19.1. The summed E-state index contributed by atoms with van der Waals surface area (Å²) in [6, 6.07) is 5.01. The van der Waals surface area contributed by atoms with Gasteiger partial charge >= 0.3 is 6.09 Å². The third kappa shape index (κ3) is 3.99. The minimum absolute atomic E-state index is 0.192. The third-order valence-electron chi connectivity index (χ3n) is 5.12. The number of nitrogens with zero attached hydrogens (tertiary/aromatic N) is 4. The standard InChI is InChI=1S/C19H28N6O5S/c1-18(2,3)30-17(26)25(23-21-5)16-22-19(4)13-11-12(20)7-8-14(13)29-10-9-15(19)31(27,28)24(16)6/h7-8,11,15,23H,5,9-10,20H2,1-4,6H3/t15?,19-/m1/s1. The quantitative estimate of drug-likeness (QED) is 0.395. The molecule has 2 aliphatic rings. The molecule has 2 atom stereocenters. The van der Waals surface area contributed by atoms with Crippen molar-refractivity contribution >= 4 is 34.5 Å². The van der Waals surface area contributed by atoms with Crippen LogP contribution >= 0.6 is 0 Å². The molecule has 12 heteroatoms. The maximum atomic E-state index is 13.5. The van der Waals surface area contributed by atoms with Gasteiger partial charge in [0.25, 0.3) is 0 Å². The normalized spacial score (nSPS) is 24.5. The van der Waals surface area contributed by atoms with E-state index in [0.29, 0.717) is 17.0 Å². The number of rotatable bonds is 2. The average molecular weight is 453 g/mol. The number of aliphatic imine (C=N–C) groups is 1. The Morgan fingerprint density at radius 1 is 1.48 bits per heavy atom. The number of nitrogens with two attached hydrogens (primary N) is 1. The van der Waals surface area contributed by atoms with Gasteiger partial charge in [0, 0.05) is 31.4 Å². The number of carbonyl (C=O) groups is 1. The summed E-state index contributed by atoms with van der Waals surface area (Å²) >= 11 is 0. The highest BCUT2D eigenvalue weighted by molar-refractivity contribution is 7.90. The number of nitrogen functional groups attached to an aromatic ring is 1. The summed E-state index contributed by atoms with van der Waals surface area (Å²) in [6.07, 6.45) is -0.686. The van der Waals surface area contributed by atoms with E-state index in [2.05, 4.69) is 17.4 Å². The van der Waals surface area contributed by atoms with Gasteiger partial charge in [0.15, 0.2) is 0 Å². The number of benzene rings is 1. The number of anilines is 1. The molecule has 0 spiro atoms. The van der Waals surface area contributed by atoms with Crippen LogP contribution in [0.1, 0.15) is 39.7 Å². The van der Waals surface area contributed by atoms with Crippen LogP contribution in [0.25, 0.3) is 0 Å². The highest BCUT2D eigenvalue weighted by Gasteiger charge is 2.54. The van der Waals surface area contributed by atoms with E-state index in [1.165, 1.54) is 7.05 Å². The van der Waals surface area contributed by atoms with E-state index >= 15 is 0 Å². The number of fused-ring (bicyclic) bond motifs is 3. The van der Waals surface area contributed by atoms with Gasteiger partial charge in [-0.3, -0.25) is 0 Å². The molecule has 11 nitrogen and oxygen atoms in total. The highest BCUT2D eigenvalue weighted by Crippen LogP contribution is 2.46. The Kier molecular flexibility index (Phi) is 5.55. The molecule has 0 fully saturated rings. The lowest BCUT2D eigenvalue weighted by molar-refractivity contribution is 0.0281. The van der Waals surface area contributed by atoms with E-state index in [0.717, 1.165) is 9.31 Å². The lowest BCUT2D eigenvalue weighted by Gasteiger charge is -2.43. The first-order valence-corrected chi connectivity index (χ1v) is 11.2. The number of guanidine groups is 1. The predicted molar refractivity (Wildman–Crippen MR) is 117 cm³/mol. The summed E-state index contributed by atoms with van der Waals surface area (Å²) in [7, 11) is -2.64. The summed E-state index contributed by atoms with van der Waals surface area (Å²) in [4.78, 5) is 17.6. The van der Waals surface area contributed by atoms with E-state index in [4.69, 9.17) is 20.2 Å². The first-order valence-electron chi connectivity index (χ1n) is 9.66. The predicted octanol–water partition coefficient (Wildman–Crippen LogP) is 1.62. The van der Waals surface area contributed by atoms with Crippen molar-refractivity contribution in [2.24, 2.45) is 10.1 Å². The van der Waals surface area contributed by atoms with E-state index in [-0.39, 0.29) is 19.0 Å². The summed E-state index contributed by atoms with van der Waals surface area (Å²) in [5, 5.41) is 3.40. The lowest BCUT2D eigenvalue weighted by atomic mass is 9.87. The molecule has 1 aromatic rings. The number of nitrogens with one attached hydrogen (secondary N) is 1. The Hall–Kier alpha value is -3.02. The zero-order chi connectivity index (χ0) is 23.2. The number of hydrazine groups is 1. The van der Waals surface area contributed by atoms with Gasteiger partial charge in [-0.05, 0) is 45.9 Å². The second-order valence-corrected chi connectivity index (χ2v) is 10.7. The van der Waals surface area contributed by atoms with Crippen molar-refractivity contribution in [1.82, 2.24) is 14.8 Å². The number of carbonyl (C=O) groups excluding carboxylic acids is 1. The van der Waals surface area contributed by atoms with Crippen molar-refractivity contribution < 1.29 is 22.7 Å². The topological polar surface area (TPSA) is 139 Å². The first-order chi connectivity index (χ1) is 14.3. The van der Waals surface area contributed by atoms with Crippen molar-refractivity contribution in [3.05, 3.63) is 23.8 Å². The average Bonchev–Trinajstić information content (AvgIpc) is 2.79. The second-order valence-electron chi connectivity index (χ2n) is 8.53. The molecule has 31 heavy (non-hydrogen) atoms. The molecule has 1 unspecified atom stereocenters. The highest BCUT2D eigenvalue weighted by atomic mass is 32.2. The van der Waals surface area contributed by atoms with Gasteiger partial charge in [-0.1, -0.05) is 0 Å². The SMILES string of the molecule is C=NNN(C(=O)OC(C)(C)C)C1=N[C@]2(C)c3cc(N)ccc3OCCC2S(=O)(=O)N1C. The van der Waals surface area contributed by atoms with Gasteiger partial charge in [-0.15, -0.1) is 5.01 Å². The molecule has 1 aromatic carbocycles. The minimum Gasteiger partial charge on any atom is -0.493 e. The Morgan fingerprint density at radius 2 is 2.16 bits per heavy atom. The molecule has 170 valence electrons. The number of hydrazone groups is 1. The zero-order valence-electron chi connectivity index (χ0n) is 18.2. The summed E-state index contributed by atoms with van der Waals surface area (Å²) < 4.78 is 39.2. The molecule has 0 aliphatic carbocycles. The van der Waals surface area contributed by atoms with Gasteiger partial charge < -0.3 is 15.2 Å². The van der Waals surface area contributed by atoms with Crippen molar-refractivity contribution in [2.45, 2.75) is 50.5 Å². The van der Waals surface area contributed by atoms with E-state index in [1.807, 2.05) is 0 Å². The van der Waals surface area contributed by atoms with Crippen LogP contribution in [0.4, 0.5) is 10.5 Å². The maximum Gasteiger partial charge on any atom is 0.437 e. The lowest BCUT2D eigenvalue weighted by Crippen LogP contribution is -2.61. The molecule has 3 rings (SSSR count).